The predicted octanol–water partition coefficient (Wildman–Crippen LogP) is 2.39. The molecule has 2 unspecified atom stereocenters. The topological polar surface area (TPSA) is 53.6 Å². The molecule has 5 nitrogen and oxygen atoms in total. The third kappa shape index (κ3) is 5.32. The molecular formula is C15H23Cl2N3O2. The molecule has 0 bridgehead atoms. The number of rotatable bonds is 4. The highest BCUT2D eigenvalue weighted by molar-refractivity contribution is 6.32. The largest absolute Gasteiger partial charge is 0.495 e. The Labute approximate surface area is 142 Å². The average molecular weight is 348 g/mol. The van der Waals surface area contributed by atoms with Crippen LogP contribution in [0.4, 0.5) is 5.69 Å². The summed E-state index contributed by atoms with van der Waals surface area (Å²) < 4.78 is 5.09. The van der Waals surface area contributed by atoms with Crippen molar-refractivity contribution in [3.63, 3.8) is 0 Å². The predicted molar refractivity (Wildman–Crippen MR) is 92.4 cm³/mol. The number of amides is 1. The maximum atomic E-state index is 12.1. The molecule has 2 rings (SSSR count). The third-order valence-corrected chi connectivity index (χ3v) is 3.73. The molecule has 1 aliphatic heterocycles. The van der Waals surface area contributed by atoms with Gasteiger partial charge in [-0.3, -0.25) is 9.69 Å². The summed E-state index contributed by atoms with van der Waals surface area (Å²) in [5.74, 6) is 0.567. The highest BCUT2D eigenvalue weighted by atomic mass is 35.5. The third-order valence-electron chi connectivity index (χ3n) is 3.44. The van der Waals surface area contributed by atoms with E-state index in [1.807, 2.05) is 0 Å². The van der Waals surface area contributed by atoms with Crippen molar-refractivity contribution >= 4 is 35.6 Å². The Balaban J connectivity index is 0.00000242. The van der Waals surface area contributed by atoms with Crippen molar-refractivity contribution in [3.05, 3.63) is 23.2 Å². The van der Waals surface area contributed by atoms with Gasteiger partial charge in [0.15, 0.2) is 0 Å². The van der Waals surface area contributed by atoms with Gasteiger partial charge in [-0.25, -0.2) is 0 Å². The van der Waals surface area contributed by atoms with Crippen molar-refractivity contribution in [2.45, 2.75) is 25.9 Å². The molecule has 2 N–H and O–H groups in total. The summed E-state index contributed by atoms with van der Waals surface area (Å²) in [6.45, 7) is 6.40. The molecule has 0 aliphatic carbocycles. The molecular weight excluding hydrogens is 325 g/mol. The lowest BCUT2D eigenvalue weighted by Crippen LogP contribution is -2.55. The number of nitrogens with one attached hydrogen (secondary N) is 2. The Hall–Kier alpha value is -1.01. The van der Waals surface area contributed by atoms with Crippen LogP contribution in [0, 0.1) is 0 Å². The number of nitrogens with zero attached hydrogens (tertiary/aromatic N) is 1. The molecule has 124 valence electrons. The van der Waals surface area contributed by atoms with Gasteiger partial charge in [0.2, 0.25) is 5.91 Å². The van der Waals surface area contributed by atoms with Crippen LogP contribution in [0.1, 0.15) is 13.8 Å². The van der Waals surface area contributed by atoms with Gasteiger partial charge >= 0.3 is 0 Å². The van der Waals surface area contributed by atoms with Gasteiger partial charge in [0.25, 0.3) is 0 Å². The van der Waals surface area contributed by atoms with Gasteiger partial charge in [0.05, 0.1) is 18.7 Å². The van der Waals surface area contributed by atoms with E-state index in [0.29, 0.717) is 35.1 Å². The highest BCUT2D eigenvalue weighted by Crippen LogP contribution is 2.27. The minimum absolute atomic E-state index is 0. The molecule has 1 aromatic carbocycles. The van der Waals surface area contributed by atoms with E-state index in [9.17, 15) is 4.79 Å². The number of carbonyl (C=O) groups excluding carboxylic acids is 1. The van der Waals surface area contributed by atoms with Crippen LogP contribution in [-0.4, -0.2) is 49.6 Å². The summed E-state index contributed by atoms with van der Waals surface area (Å²) in [5.41, 5.74) is 0.682. The molecule has 0 aromatic heterocycles. The first-order valence-corrected chi connectivity index (χ1v) is 7.47. The van der Waals surface area contributed by atoms with E-state index < -0.39 is 0 Å². The van der Waals surface area contributed by atoms with Crippen LogP contribution < -0.4 is 15.4 Å². The standard InChI is InChI=1S/C15H22ClN3O2.ClH/c1-10-7-19(8-11(2)17-10)9-15(20)18-12-4-5-14(21-3)13(16)6-12;/h4-6,10-11,17H,7-9H2,1-3H3,(H,18,20);1H. The smallest absolute Gasteiger partial charge is 0.238 e. The summed E-state index contributed by atoms with van der Waals surface area (Å²) in [6, 6.07) is 6.02. The molecule has 1 amide bonds. The van der Waals surface area contributed by atoms with Crippen molar-refractivity contribution in [1.29, 1.82) is 0 Å². The van der Waals surface area contributed by atoms with Crippen LogP contribution in [0.15, 0.2) is 18.2 Å². The quantitative estimate of drug-likeness (QED) is 0.877. The van der Waals surface area contributed by atoms with E-state index in [-0.39, 0.29) is 18.3 Å². The molecule has 7 heteroatoms. The lowest BCUT2D eigenvalue weighted by atomic mass is 10.1. The van der Waals surface area contributed by atoms with E-state index in [4.69, 9.17) is 16.3 Å². The fourth-order valence-corrected chi connectivity index (χ4v) is 2.97. The van der Waals surface area contributed by atoms with E-state index in [0.717, 1.165) is 13.1 Å². The zero-order valence-corrected chi connectivity index (χ0v) is 14.6. The van der Waals surface area contributed by atoms with Gasteiger partial charge in [0, 0.05) is 30.9 Å². The SMILES string of the molecule is COc1ccc(NC(=O)CN2CC(C)NC(C)C2)cc1Cl.Cl. The number of anilines is 1. The fraction of sp³-hybridized carbons (Fsp3) is 0.533. The lowest BCUT2D eigenvalue weighted by molar-refractivity contribution is -0.117. The number of piperazine rings is 1. The van der Waals surface area contributed by atoms with E-state index in [2.05, 4.69) is 29.4 Å². The maximum Gasteiger partial charge on any atom is 0.238 e. The molecule has 1 aliphatic rings. The molecule has 1 aromatic rings. The second-order valence-corrected chi connectivity index (χ2v) is 5.97. The van der Waals surface area contributed by atoms with Gasteiger partial charge in [-0.1, -0.05) is 11.6 Å². The number of carbonyl (C=O) groups is 1. The Morgan fingerprint density at radius 3 is 2.59 bits per heavy atom. The van der Waals surface area contributed by atoms with Crippen LogP contribution in [-0.2, 0) is 4.79 Å². The van der Waals surface area contributed by atoms with Crippen molar-refractivity contribution in [2.24, 2.45) is 0 Å². The van der Waals surface area contributed by atoms with Crippen LogP contribution in [0.5, 0.6) is 5.75 Å². The van der Waals surface area contributed by atoms with Gasteiger partial charge in [0.1, 0.15) is 5.75 Å². The average Bonchev–Trinajstić information content (AvgIpc) is 2.37. The Kier molecular flexibility index (Phi) is 7.42. The number of benzene rings is 1. The first kappa shape index (κ1) is 19.0. The first-order valence-electron chi connectivity index (χ1n) is 7.09. The zero-order valence-electron chi connectivity index (χ0n) is 13.1. The molecule has 1 saturated heterocycles. The highest BCUT2D eigenvalue weighted by Gasteiger charge is 2.22. The lowest BCUT2D eigenvalue weighted by Gasteiger charge is -2.35. The molecule has 0 radical (unpaired) electrons. The number of hydrogen-bond donors (Lipinski definition) is 2. The zero-order chi connectivity index (χ0) is 15.4. The van der Waals surface area contributed by atoms with Gasteiger partial charge in [-0.15, -0.1) is 12.4 Å². The fourth-order valence-electron chi connectivity index (χ4n) is 2.72. The molecule has 2 atom stereocenters. The second-order valence-electron chi connectivity index (χ2n) is 5.56. The van der Waals surface area contributed by atoms with E-state index in [1.54, 1.807) is 25.3 Å². The van der Waals surface area contributed by atoms with Crippen LogP contribution in [0.25, 0.3) is 0 Å². The molecule has 0 saturated carbocycles. The van der Waals surface area contributed by atoms with Crippen LogP contribution >= 0.6 is 24.0 Å². The van der Waals surface area contributed by atoms with Crippen LogP contribution in [0.2, 0.25) is 5.02 Å². The maximum absolute atomic E-state index is 12.1. The number of halogens is 2. The van der Waals surface area contributed by atoms with Crippen molar-refractivity contribution in [2.75, 3.05) is 32.1 Å². The Morgan fingerprint density at radius 2 is 2.05 bits per heavy atom. The van der Waals surface area contributed by atoms with Crippen molar-refractivity contribution in [3.8, 4) is 5.75 Å². The molecule has 1 fully saturated rings. The number of methoxy groups -OCH3 is 1. The second kappa shape index (κ2) is 8.58. The summed E-state index contributed by atoms with van der Waals surface area (Å²) in [7, 11) is 1.56. The van der Waals surface area contributed by atoms with Crippen LogP contribution in [0.3, 0.4) is 0 Å². The number of hydrogen-bond acceptors (Lipinski definition) is 4. The Bertz CT molecular complexity index is 504. The molecule has 22 heavy (non-hydrogen) atoms. The minimum atomic E-state index is -0.0301. The van der Waals surface area contributed by atoms with Crippen molar-refractivity contribution in [1.82, 2.24) is 10.2 Å². The minimum Gasteiger partial charge on any atom is -0.495 e. The summed E-state index contributed by atoms with van der Waals surface area (Å²) in [5, 5.41) is 6.80. The van der Waals surface area contributed by atoms with Gasteiger partial charge < -0.3 is 15.4 Å². The Morgan fingerprint density at radius 1 is 1.41 bits per heavy atom. The monoisotopic (exact) mass is 347 g/mol. The molecule has 0 spiro atoms. The van der Waals surface area contributed by atoms with Gasteiger partial charge in [-0.05, 0) is 32.0 Å². The summed E-state index contributed by atoms with van der Waals surface area (Å²) >= 11 is 6.05. The van der Waals surface area contributed by atoms with Gasteiger partial charge in [-0.2, -0.15) is 0 Å². The van der Waals surface area contributed by atoms with E-state index in [1.165, 1.54) is 0 Å². The first-order chi connectivity index (χ1) is 9.97. The summed E-state index contributed by atoms with van der Waals surface area (Å²) in [4.78, 5) is 14.3. The van der Waals surface area contributed by atoms with E-state index >= 15 is 0 Å². The number of ether oxygens (including phenoxy) is 1. The normalized spacial score (nSPS) is 21.8. The molecule has 1 heterocycles. The van der Waals surface area contributed by atoms with Crippen molar-refractivity contribution < 1.29 is 9.53 Å². The summed E-state index contributed by atoms with van der Waals surface area (Å²) in [6.07, 6.45) is 0.